The summed E-state index contributed by atoms with van der Waals surface area (Å²) in [6.45, 7) is 4.27. The summed E-state index contributed by atoms with van der Waals surface area (Å²) in [6, 6.07) is 18.2. The molecule has 1 aliphatic rings. The molecule has 0 spiro atoms. The van der Waals surface area contributed by atoms with Crippen LogP contribution in [0.3, 0.4) is 0 Å². The number of aryl methyl sites for hydroxylation is 1. The summed E-state index contributed by atoms with van der Waals surface area (Å²) in [6.07, 6.45) is 6.43. The predicted molar refractivity (Wildman–Crippen MR) is 130 cm³/mol. The highest BCUT2D eigenvalue weighted by Crippen LogP contribution is 2.30. The first kappa shape index (κ1) is 21.1. The van der Waals surface area contributed by atoms with E-state index in [9.17, 15) is 9.59 Å². The predicted octanol–water partition coefficient (Wildman–Crippen LogP) is 4.84. The van der Waals surface area contributed by atoms with E-state index in [0.29, 0.717) is 18.8 Å². The lowest BCUT2D eigenvalue weighted by Crippen LogP contribution is -2.46. The lowest BCUT2D eigenvalue weighted by atomic mass is 10.0. The first-order chi connectivity index (χ1) is 16.1. The monoisotopic (exact) mass is 441 g/mol. The van der Waals surface area contributed by atoms with Crippen molar-refractivity contribution in [2.45, 2.75) is 32.4 Å². The van der Waals surface area contributed by atoms with E-state index in [1.807, 2.05) is 6.08 Å². The minimum atomic E-state index is -0.109. The topological polar surface area (TPSA) is 67.5 Å². The lowest BCUT2D eigenvalue weighted by molar-refractivity contribution is -0.117. The van der Waals surface area contributed by atoms with Gasteiger partial charge in [0.15, 0.2) is 5.76 Å². The molecule has 0 aliphatic carbocycles. The molecule has 2 amide bonds. The van der Waals surface area contributed by atoms with Crippen molar-refractivity contribution < 1.29 is 14.0 Å². The smallest absolute Gasteiger partial charge is 0.289 e. The number of furan rings is 1. The van der Waals surface area contributed by atoms with Crippen LogP contribution in [0.25, 0.3) is 27.9 Å². The van der Waals surface area contributed by atoms with Crippen molar-refractivity contribution in [3.05, 3.63) is 78.3 Å². The average molecular weight is 442 g/mol. The molecule has 2 aromatic carbocycles. The van der Waals surface area contributed by atoms with Gasteiger partial charge in [0.2, 0.25) is 5.91 Å². The van der Waals surface area contributed by atoms with Crippen molar-refractivity contribution in [3.63, 3.8) is 0 Å². The molecule has 6 heteroatoms. The molecule has 6 nitrogen and oxygen atoms in total. The van der Waals surface area contributed by atoms with Crippen LogP contribution in [0.5, 0.6) is 0 Å². The van der Waals surface area contributed by atoms with Crippen LogP contribution in [-0.2, 0) is 11.3 Å². The molecule has 33 heavy (non-hydrogen) atoms. The van der Waals surface area contributed by atoms with E-state index in [1.54, 1.807) is 23.1 Å². The summed E-state index contributed by atoms with van der Waals surface area (Å²) in [4.78, 5) is 26.7. The van der Waals surface area contributed by atoms with Gasteiger partial charge in [-0.15, -0.1) is 0 Å². The molecule has 4 aromatic rings. The van der Waals surface area contributed by atoms with Gasteiger partial charge in [-0.3, -0.25) is 9.59 Å². The highest BCUT2D eigenvalue weighted by molar-refractivity contribution is 6.08. The third kappa shape index (κ3) is 4.16. The summed E-state index contributed by atoms with van der Waals surface area (Å²) >= 11 is 0. The van der Waals surface area contributed by atoms with E-state index in [2.05, 4.69) is 59.3 Å². The Morgan fingerprint density at radius 3 is 2.58 bits per heavy atom. The fourth-order valence-electron chi connectivity index (χ4n) is 4.72. The van der Waals surface area contributed by atoms with Gasteiger partial charge in [0.1, 0.15) is 0 Å². The van der Waals surface area contributed by atoms with Gasteiger partial charge in [0.05, 0.1) is 6.26 Å². The Labute approximate surface area is 192 Å². The zero-order valence-corrected chi connectivity index (χ0v) is 18.7. The van der Waals surface area contributed by atoms with Crippen molar-refractivity contribution in [3.8, 4) is 0 Å². The van der Waals surface area contributed by atoms with Crippen LogP contribution in [0.4, 0.5) is 0 Å². The van der Waals surface area contributed by atoms with Gasteiger partial charge >= 0.3 is 0 Å². The van der Waals surface area contributed by atoms with Gasteiger partial charge in [0.25, 0.3) is 5.91 Å². The van der Waals surface area contributed by atoms with Crippen molar-refractivity contribution in [2.75, 3.05) is 13.1 Å². The zero-order valence-electron chi connectivity index (χ0n) is 18.7. The number of carbonyl (C=O) groups is 2. The van der Waals surface area contributed by atoms with Crippen LogP contribution in [0.1, 0.15) is 35.9 Å². The first-order valence-electron chi connectivity index (χ1n) is 11.5. The number of rotatable bonds is 5. The van der Waals surface area contributed by atoms with Crippen molar-refractivity contribution in [1.29, 1.82) is 0 Å². The summed E-state index contributed by atoms with van der Waals surface area (Å²) in [5.74, 6) is 0.158. The molecule has 0 saturated carbocycles. The number of fused-ring (bicyclic) bond motifs is 3. The lowest BCUT2D eigenvalue weighted by Gasteiger charge is -2.31. The van der Waals surface area contributed by atoms with E-state index in [-0.39, 0.29) is 17.9 Å². The Hall–Kier alpha value is -3.80. The Kier molecular flexibility index (Phi) is 5.73. The number of piperidine rings is 1. The summed E-state index contributed by atoms with van der Waals surface area (Å²) in [5, 5.41) is 5.50. The van der Waals surface area contributed by atoms with E-state index >= 15 is 0 Å². The number of benzene rings is 2. The second kappa shape index (κ2) is 8.98. The van der Waals surface area contributed by atoms with Crippen LogP contribution < -0.4 is 5.32 Å². The maximum Gasteiger partial charge on any atom is 0.289 e. The zero-order chi connectivity index (χ0) is 22.8. The minimum absolute atomic E-state index is 0.0628. The van der Waals surface area contributed by atoms with Crippen LogP contribution in [0.15, 0.2) is 71.4 Å². The second-order valence-corrected chi connectivity index (χ2v) is 8.42. The molecule has 168 valence electrons. The minimum Gasteiger partial charge on any atom is -0.459 e. The van der Waals surface area contributed by atoms with Gasteiger partial charge < -0.3 is 19.2 Å². The average Bonchev–Trinajstić information content (AvgIpc) is 3.49. The Bertz CT molecular complexity index is 1330. The Morgan fingerprint density at radius 1 is 1.03 bits per heavy atom. The number of carbonyl (C=O) groups excluding carboxylic acids is 2. The van der Waals surface area contributed by atoms with Crippen LogP contribution >= 0.6 is 0 Å². The fraction of sp³-hybridized carbons (Fsp3) is 0.259. The summed E-state index contributed by atoms with van der Waals surface area (Å²) in [7, 11) is 0. The maximum absolute atomic E-state index is 12.5. The molecule has 0 bridgehead atoms. The molecule has 0 unspecified atom stereocenters. The maximum atomic E-state index is 12.5. The van der Waals surface area contributed by atoms with Crippen molar-refractivity contribution in [2.24, 2.45) is 0 Å². The molecule has 0 radical (unpaired) electrons. The van der Waals surface area contributed by atoms with Gasteiger partial charge in [-0.2, -0.15) is 0 Å². The Balaban J connectivity index is 1.22. The number of nitrogens with one attached hydrogen (secondary N) is 1. The van der Waals surface area contributed by atoms with Crippen LogP contribution in [0, 0.1) is 0 Å². The third-order valence-electron chi connectivity index (χ3n) is 6.40. The molecular formula is C27H27N3O3. The number of nitrogens with zero attached hydrogens (tertiary/aromatic N) is 2. The molecule has 1 aliphatic heterocycles. The first-order valence-corrected chi connectivity index (χ1v) is 11.5. The largest absolute Gasteiger partial charge is 0.459 e. The molecular weight excluding hydrogens is 414 g/mol. The molecule has 0 atom stereocenters. The highest BCUT2D eigenvalue weighted by atomic mass is 16.3. The number of aromatic nitrogens is 1. The van der Waals surface area contributed by atoms with E-state index in [0.717, 1.165) is 24.9 Å². The highest BCUT2D eigenvalue weighted by Gasteiger charge is 2.25. The van der Waals surface area contributed by atoms with Crippen LogP contribution in [0.2, 0.25) is 0 Å². The van der Waals surface area contributed by atoms with Gasteiger partial charge in [-0.05, 0) is 61.7 Å². The van der Waals surface area contributed by atoms with Crippen LogP contribution in [-0.4, -0.2) is 40.4 Å². The Morgan fingerprint density at radius 2 is 1.82 bits per heavy atom. The van der Waals surface area contributed by atoms with Crippen molar-refractivity contribution in [1.82, 2.24) is 14.8 Å². The summed E-state index contributed by atoms with van der Waals surface area (Å²) in [5.41, 5.74) is 3.43. The van der Waals surface area contributed by atoms with E-state index in [4.69, 9.17) is 4.42 Å². The number of hydrogen-bond acceptors (Lipinski definition) is 3. The molecule has 2 aromatic heterocycles. The number of para-hydroxylation sites is 1. The SMILES string of the molecule is CCn1c2ccccc2c2cc(/C=C/C(=O)NC3CCN(C(=O)c4ccco4)CC3)ccc21. The fourth-order valence-corrected chi connectivity index (χ4v) is 4.72. The number of hydrogen-bond donors (Lipinski definition) is 1. The van der Waals surface area contributed by atoms with Crippen molar-refractivity contribution >= 4 is 39.7 Å². The summed E-state index contributed by atoms with van der Waals surface area (Å²) < 4.78 is 7.51. The molecule has 3 heterocycles. The number of amides is 2. The molecule has 5 rings (SSSR count). The quantitative estimate of drug-likeness (QED) is 0.451. The number of likely N-dealkylation sites (tertiary alicyclic amines) is 1. The molecule has 1 N–H and O–H groups in total. The molecule has 1 fully saturated rings. The van der Waals surface area contributed by atoms with E-state index < -0.39 is 0 Å². The second-order valence-electron chi connectivity index (χ2n) is 8.42. The normalized spacial score (nSPS) is 15.0. The molecule has 1 saturated heterocycles. The standard InChI is InChI=1S/C27H27N3O3/c1-2-30-23-7-4-3-6-21(23)22-18-19(9-11-24(22)30)10-12-26(31)28-20-13-15-29(16-14-20)27(32)25-8-5-17-33-25/h3-12,17-18,20H,2,13-16H2,1H3,(H,28,31)/b12-10+. The van der Waals surface area contributed by atoms with E-state index in [1.165, 1.54) is 28.1 Å². The van der Waals surface area contributed by atoms with Gasteiger partial charge in [-0.1, -0.05) is 24.3 Å². The van der Waals surface area contributed by atoms with Gasteiger partial charge in [-0.25, -0.2) is 0 Å². The van der Waals surface area contributed by atoms with Gasteiger partial charge in [0, 0.05) is 53.6 Å². The third-order valence-corrected chi connectivity index (χ3v) is 6.40.